The number of carbonyl (C=O) groups excluding carboxylic acids is 1. The first kappa shape index (κ1) is 14.6. The summed E-state index contributed by atoms with van der Waals surface area (Å²) in [7, 11) is 0. The summed E-state index contributed by atoms with van der Waals surface area (Å²) in [4.78, 5) is 11.5. The van der Waals surface area contributed by atoms with Crippen LogP contribution in [0.1, 0.15) is 12.5 Å². The van der Waals surface area contributed by atoms with Crippen molar-refractivity contribution in [2.75, 3.05) is 19.6 Å². The molecule has 0 aromatic heterocycles. The van der Waals surface area contributed by atoms with Crippen molar-refractivity contribution in [1.82, 2.24) is 10.6 Å². The van der Waals surface area contributed by atoms with Crippen LogP contribution in [0, 0.1) is 5.82 Å². The number of nitrogens with one attached hydrogen (secondary N) is 2. The van der Waals surface area contributed by atoms with Gasteiger partial charge in [-0.2, -0.15) is 0 Å². The van der Waals surface area contributed by atoms with Crippen LogP contribution in [0.2, 0.25) is 0 Å². The highest BCUT2D eigenvalue weighted by molar-refractivity contribution is 5.78. The predicted molar refractivity (Wildman–Crippen MR) is 67.7 cm³/mol. The Morgan fingerprint density at radius 3 is 2.89 bits per heavy atom. The molecule has 1 rings (SSSR count). The molecule has 0 aliphatic rings. The van der Waals surface area contributed by atoms with Crippen LogP contribution in [0.5, 0.6) is 0 Å². The Morgan fingerprint density at radius 2 is 2.22 bits per heavy atom. The first-order chi connectivity index (χ1) is 8.58. The number of hydrogen-bond acceptors (Lipinski definition) is 3. The highest BCUT2D eigenvalue weighted by Crippen LogP contribution is 2.03. The number of benzene rings is 1. The van der Waals surface area contributed by atoms with Crippen molar-refractivity contribution in [3.05, 3.63) is 35.6 Å². The molecule has 3 N–H and O–H groups in total. The van der Waals surface area contributed by atoms with Crippen LogP contribution >= 0.6 is 0 Å². The maximum atomic E-state index is 12.9. The van der Waals surface area contributed by atoms with E-state index in [1.54, 1.807) is 19.1 Å². The maximum absolute atomic E-state index is 12.9. The van der Waals surface area contributed by atoms with Crippen molar-refractivity contribution in [2.24, 2.45) is 0 Å². The standard InChI is InChI=1S/C13H19FN2O2/c1-10(17)9-15-5-6-16-13(18)8-11-3-2-4-12(14)7-11/h2-4,7,10,15,17H,5-6,8-9H2,1H3,(H,16,18). The van der Waals surface area contributed by atoms with E-state index in [1.165, 1.54) is 12.1 Å². The van der Waals surface area contributed by atoms with E-state index in [2.05, 4.69) is 10.6 Å². The molecule has 0 saturated heterocycles. The van der Waals surface area contributed by atoms with E-state index in [9.17, 15) is 9.18 Å². The number of halogens is 1. The Labute approximate surface area is 106 Å². The minimum atomic E-state index is -0.395. The van der Waals surface area contributed by atoms with E-state index in [1.807, 2.05) is 0 Å². The fraction of sp³-hybridized carbons (Fsp3) is 0.462. The largest absolute Gasteiger partial charge is 0.392 e. The lowest BCUT2D eigenvalue weighted by molar-refractivity contribution is -0.120. The van der Waals surface area contributed by atoms with E-state index < -0.39 is 6.10 Å². The maximum Gasteiger partial charge on any atom is 0.224 e. The van der Waals surface area contributed by atoms with E-state index in [0.29, 0.717) is 25.2 Å². The quantitative estimate of drug-likeness (QED) is 0.619. The molecule has 18 heavy (non-hydrogen) atoms. The highest BCUT2D eigenvalue weighted by atomic mass is 19.1. The zero-order valence-corrected chi connectivity index (χ0v) is 10.4. The van der Waals surface area contributed by atoms with Crippen molar-refractivity contribution in [2.45, 2.75) is 19.4 Å². The third-order valence-corrected chi connectivity index (χ3v) is 2.32. The smallest absolute Gasteiger partial charge is 0.224 e. The van der Waals surface area contributed by atoms with Gasteiger partial charge in [-0.1, -0.05) is 12.1 Å². The predicted octanol–water partition coefficient (Wildman–Crippen LogP) is 0.455. The molecule has 0 aliphatic heterocycles. The number of carbonyl (C=O) groups is 1. The number of rotatable bonds is 7. The molecule has 0 heterocycles. The zero-order chi connectivity index (χ0) is 13.4. The summed E-state index contributed by atoms with van der Waals surface area (Å²) in [5.41, 5.74) is 0.657. The summed E-state index contributed by atoms with van der Waals surface area (Å²) in [5, 5.41) is 14.7. The van der Waals surface area contributed by atoms with Gasteiger partial charge >= 0.3 is 0 Å². The van der Waals surface area contributed by atoms with Gasteiger partial charge in [-0.05, 0) is 24.6 Å². The van der Waals surface area contributed by atoms with Crippen molar-refractivity contribution in [1.29, 1.82) is 0 Å². The van der Waals surface area contributed by atoms with Gasteiger partial charge in [0, 0.05) is 19.6 Å². The molecule has 100 valence electrons. The number of amides is 1. The van der Waals surface area contributed by atoms with Gasteiger partial charge < -0.3 is 15.7 Å². The van der Waals surface area contributed by atoms with E-state index in [-0.39, 0.29) is 18.1 Å². The van der Waals surface area contributed by atoms with E-state index in [0.717, 1.165) is 0 Å². The molecule has 1 atom stereocenters. The first-order valence-electron chi connectivity index (χ1n) is 5.98. The Hall–Kier alpha value is -1.46. The molecule has 0 bridgehead atoms. The van der Waals surface area contributed by atoms with Gasteiger partial charge in [-0.3, -0.25) is 4.79 Å². The monoisotopic (exact) mass is 254 g/mol. The topological polar surface area (TPSA) is 61.4 Å². The van der Waals surface area contributed by atoms with Crippen molar-refractivity contribution in [3.63, 3.8) is 0 Å². The second-order valence-electron chi connectivity index (χ2n) is 4.21. The summed E-state index contributed by atoms with van der Waals surface area (Å²) in [6, 6.07) is 6.00. The number of aliphatic hydroxyl groups excluding tert-OH is 1. The lowest BCUT2D eigenvalue weighted by Gasteiger charge is -2.08. The molecule has 4 nitrogen and oxygen atoms in total. The summed E-state index contributed by atoms with van der Waals surface area (Å²) >= 11 is 0. The molecular formula is C13H19FN2O2. The van der Waals surface area contributed by atoms with Crippen LogP contribution in [0.15, 0.2) is 24.3 Å². The van der Waals surface area contributed by atoms with Crippen LogP contribution in [-0.2, 0) is 11.2 Å². The lowest BCUT2D eigenvalue weighted by atomic mass is 10.1. The average Bonchev–Trinajstić information content (AvgIpc) is 2.28. The van der Waals surface area contributed by atoms with Crippen LogP contribution in [0.4, 0.5) is 4.39 Å². The molecule has 0 aliphatic carbocycles. The second kappa shape index (κ2) is 7.79. The van der Waals surface area contributed by atoms with Crippen LogP contribution in [0.25, 0.3) is 0 Å². The highest BCUT2D eigenvalue weighted by Gasteiger charge is 2.03. The number of aliphatic hydroxyl groups is 1. The summed E-state index contributed by atoms with van der Waals surface area (Å²) in [6.45, 7) is 3.27. The minimum Gasteiger partial charge on any atom is -0.392 e. The van der Waals surface area contributed by atoms with Gasteiger partial charge in [-0.25, -0.2) is 4.39 Å². The normalized spacial score (nSPS) is 12.2. The average molecular weight is 254 g/mol. The molecule has 5 heteroatoms. The summed E-state index contributed by atoms with van der Waals surface area (Å²) < 4.78 is 12.9. The lowest BCUT2D eigenvalue weighted by Crippen LogP contribution is -2.35. The molecule has 1 amide bonds. The summed E-state index contributed by atoms with van der Waals surface area (Å²) in [6.07, 6.45) is -0.221. The van der Waals surface area contributed by atoms with Crippen molar-refractivity contribution in [3.8, 4) is 0 Å². The minimum absolute atomic E-state index is 0.139. The van der Waals surface area contributed by atoms with Gasteiger partial charge in [0.05, 0.1) is 12.5 Å². The third-order valence-electron chi connectivity index (χ3n) is 2.32. The molecular weight excluding hydrogens is 235 g/mol. The Bertz CT molecular complexity index is 383. The molecule has 0 saturated carbocycles. The van der Waals surface area contributed by atoms with Crippen molar-refractivity contribution >= 4 is 5.91 Å². The van der Waals surface area contributed by atoms with Crippen LogP contribution in [-0.4, -0.2) is 36.8 Å². The second-order valence-corrected chi connectivity index (χ2v) is 4.21. The summed E-state index contributed by atoms with van der Waals surface area (Å²) in [5.74, 6) is -0.474. The van der Waals surface area contributed by atoms with Gasteiger partial charge in [0.1, 0.15) is 5.82 Å². The Kier molecular flexibility index (Phi) is 6.32. The van der Waals surface area contributed by atoms with Gasteiger partial charge in [0.2, 0.25) is 5.91 Å². The molecule has 1 aromatic rings. The zero-order valence-electron chi connectivity index (χ0n) is 10.4. The Morgan fingerprint density at radius 1 is 1.44 bits per heavy atom. The van der Waals surface area contributed by atoms with E-state index in [4.69, 9.17) is 5.11 Å². The van der Waals surface area contributed by atoms with Gasteiger partial charge in [0.25, 0.3) is 0 Å². The number of hydrogen-bond donors (Lipinski definition) is 3. The van der Waals surface area contributed by atoms with E-state index >= 15 is 0 Å². The van der Waals surface area contributed by atoms with Crippen LogP contribution < -0.4 is 10.6 Å². The third kappa shape index (κ3) is 6.32. The van der Waals surface area contributed by atoms with Gasteiger partial charge in [-0.15, -0.1) is 0 Å². The van der Waals surface area contributed by atoms with Gasteiger partial charge in [0.15, 0.2) is 0 Å². The fourth-order valence-electron chi connectivity index (χ4n) is 1.50. The molecule has 1 aromatic carbocycles. The molecule has 0 radical (unpaired) electrons. The molecule has 0 spiro atoms. The fourth-order valence-corrected chi connectivity index (χ4v) is 1.50. The molecule has 0 fully saturated rings. The molecule has 1 unspecified atom stereocenters. The first-order valence-corrected chi connectivity index (χ1v) is 5.98. The van der Waals surface area contributed by atoms with Crippen molar-refractivity contribution < 1.29 is 14.3 Å². The van der Waals surface area contributed by atoms with Crippen LogP contribution in [0.3, 0.4) is 0 Å². The Balaban J connectivity index is 2.18. The SMILES string of the molecule is CC(O)CNCCNC(=O)Cc1cccc(F)c1.